The number of likely N-dealkylation sites (N-methyl/N-ethyl adjacent to an activating group) is 1. The number of nitrogens with zero attached hydrogens (tertiary/aromatic N) is 6. The fourth-order valence-electron chi connectivity index (χ4n) is 5.36. The quantitative estimate of drug-likeness (QED) is 0.357. The van der Waals surface area contributed by atoms with E-state index < -0.39 is 5.91 Å². The van der Waals surface area contributed by atoms with E-state index in [2.05, 4.69) is 59.7 Å². The van der Waals surface area contributed by atoms with Crippen LogP contribution in [0.15, 0.2) is 36.5 Å². The average Bonchev–Trinajstić information content (AvgIpc) is 3.58. The van der Waals surface area contributed by atoms with Crippen LogP contribution in [0.3, 0.4) is 0 Å². The predicted molar refractivity (Wildman–Crippen MR) is 149 cm³/mol. The van der Waals surface area contributed by atoms with Crippen molar-refractivity contribution in [3.8, 4) is 11.4 Å². The molecule has 3 aromatic rings. The molecule has 5 N–H and O–H groups in total. The molecule has 2 aromatic heterocycles. The smallest absolute Gasteiger partial charge is 0.271 e. The Bertz CT molecular complexity index is 1240. The first-order valence-corrected chi connectivity index (χ1v) is 13.6. The third-order valence-electron chi connectivity index (χ3n) is 7.80. The molecule has 3 aliphatic rings. The molecule has 0 unspecified atom stereocenters. The Morgan fingerprint density at radius 3 is 2.32 bits per heavy atom. The van der Waals surface area contributed by atoms with Crippen LogP contribution in [0.1, 0.15) is 36.2 Å². The highest BCUT2D eigenvalue weighted by Crippen LogP contribution is 2.32. The number of nitrogens with one attached hydrogen (secondary N) is 3. The molecule has 0 atom stereocenters. The first-order chi connectivity index (χ1) is 18.5. The minimum Gasteiger partial charge on any atom is -0.371 e. The maximum Gasteiger partial charge on any atom is 0.271 e. The Labute approximate surface area is 222 Å². The Kier molecular flexibility index (Phi) is 6.86. The lowest BCUT2D eigenvalue weighted by atomic mass is 10.0. The number of carbonyl (C=O) groups is 1. The number of nitrogens with two attached hydrogens (primary N) is 1. The van der Waals surface area contributed by atoms with Gasteiger partial charge < -0.3 is 26.2 Å². The number of benzene rings is 1. The summed E-state index contributed by atoms with van der Waals surface area (Å²) in [6.07, 6.45) is 6.26. The van der Waals surface area contributed by atoms with Gasteiger partial charge in [0.05, 0.1) is 0 Å². The van der Waals surface area contributed by atoms with E-state index >= 15 is 0 Å². The number of H-pyrrole nitrogens is 1. The largest absolute Gasteiger partial charge is 0.371 e. The fourth-order valence-corrected chi connectivity index (χ4v) is 5.36. The number of aromatic nitrogens is 4. The van der Waals surface area contributed by atoms with Crippen LogP contribution in [-0.2, 0) is 0 Å². The molecule has 0 spiro atoms. The fraction of sp³-hybridized carbons (Fsp3) is 0.481. The van der Waals surface area contributed by atoms with Crippen molar-refractivity contribution in [3.05, 3.63) is 42.2 Å². The van der Waals surface area contributed by atoms with Gasteiger partial charge in [0.25, 0.3) is 5.91 Å². The molecule has 1 amide bonds. The van der Waals surface area contributed by atoms with Crippen molar-refractivity contribution in [1.82, 2.24) is 30.0 Å². The lowest BCUT2D eigenvalue weighted by molar-refractivity contribution is 0.0982. The van der Waals surface area contributed by atoms with Crippen LogP contribution < -0.4 is 21.3 Å². The molecule has 11 nitrogen and oxygen atoms in total. The summed E-state index contributed by atoms with van der Waals surface area (Å²) < 4.78 is 0. The lowest BCUT2D eigenvalue weighted by Crippen LogP contribution is -2.52. The van der Waals surface area contributed by atoms with Gasteiger partial charge in [-0.15, -0.1) is 0 Å². The third kappa shape index (κ3) is 5.44. The van der Waals surface area contributed by atoms with Crippen LogP contribution in [0.2, 0.25) is 0 Å². The van der Waals surface area contributed by atoms with Crippen LogP contribution in [0, 0.1) is 0 Å². The van der Waals surface area contributed by atoms with E-state index in [9.17, 15) is 4.79 Å². The Balaban J connectivity index is 1.15. The zero-order chi connectivity index (χ0) is 26.1. The molecule has 4 heterocycles. The lowest BCUT2D eigenvalue weighted by Gasteiger charge is -2.42. The number of hydrogen-bond acceptors (Lipinski definition) is 9. The summed E-state index contributed by atoms with van der Waals surface area (Å²) >= 11 is 0. The van der Waals surface area contributed by atoms with Gasteiger partial charge in [0.15, 0.2) is 17.3 Å². The molecule has 1 aliphatic carbocycles. The standard InChI is InChI=1S/C27H36N10O/c1-35-14-16-37(17-15-35)21-9-12-36(13-10-21)20-6-4-19(5-7-20)31-27-24(25(28)38)32-23(22-8-11-29-34-22)26(33-27)30-18-2-3-18/h4-8,11,18,21H,2-3,9-10,12-17H2,1H3,(H2,28,38)(H,29,34)(H2,30,31,33). The first-order valence-electron chi connectivity index (χ1n) is 13.6. The normalized spacial score (nSPS) is 19.4. The Hall–Kier alpha value is -3.70. The molecule has 0 radical (unpaired) electrons. The summed E-state index contributed by atoms with van der Waals surface area (Å²) in [6.45, 7) is 6.81. The van der Waals surface area contributed by atoms with E-state index in [-0.39, 0.29) is 5.69 Å². The molecule has 1 aromatic carbocycles. The van der Waals surface area contributed by atoms with Crippen molar-refractivity contribution in [2.75, 3.05) is 61.8 Å². The maximum absolute atomic E-state index is 12.3. The zero-order valence-corrected chi connectivity index (χ0v) is 21.9. The summed E-state index contributed by atoms with van der Waals surface area (Å²) in [5.74, 6) is 0.280. The number of piperazine rings is 1. The number of piperidine rings is 1. The van der Waals surface area contributed by atoms with Crippen LogP contribution in [0.4, 0.5) is 23.0 Å². The van der Waals surface area contributed by atoms with Gasteiger partial charge in [-0.3, -0.25) is 14.8 Å². The Morgan fingerprint density at radius 2 is 1.68 bits per heavy atom. The highest BCUT2D eigenvalue weighted by molar-refractivity contribution is 5.97. The van der Waals surface area contributed by atoms with Gasteiger partial charge >= 0.3 is 0 Å². The summed E-state index contributed by atoms with van der Waals surface area (Å²) in [6, 6.07) is 11.1. The molecule has 200 valence electrons. The van der Waals surface area contributed by atoms with E-state index in [1.807, 2.05) is 12.1 Å². The number of rotatable bonds is 8. The van der Waals surface area contributed by atoms with Crippen molar-refractivity contribution in [3.63, 3.8) is 0 Å². The van der Waals surface area contributed by atoms with Crippen LogP contribution in [0.5, 0.6) is 0 Å². The van der Waals surface area contributed by atoms with Crippen molar-refractivity contribution < 1.29 is 4.79 Å². The van der Waals surface area contributed by atoms with E-state index in [1.165, 1.54) is 44.7 Å². The van der Waals surface area contributed by atoms with Gasteiger partial charge in [-0.2, -0.15) is 5.10 Å². The molecule has 1 saturated carbocycles. The number of carbonyl (C=O) groups excluding carboxylic acids is 1. The molecule has 3 fully saturated rings. The molecule has 0 bridgehead atoms. The van der Waals surface area contributed by atoms with E-state index in [0.29, 0.717) is 35.1 Å². The summed E-state index contributed by atoms with van der Waals surface area (Å²) in [5, 5.41) is 13.7. The zero-order valence-electron chi connectivity index (χ0n) is 21.9. The molecular formula is C27H36N10O. The van der Waals surface area contributed by atoms with Gasteiger partial charge in [-0.05, 0) is 63.1 Å². The molecule has 2 aliphatic heterocycles. The summed E-state index contributed by atoms with van der Waals surface area (Å²) in [4.78, 5) is 29.2. The van der Waals surface area contributed by atoms with Crippen molar-refractivity contribution in [1.29, 1.82) is 0 Å². The number of primary amides is 1. The number of aromatic amines is 1. The average molecular weight is 517 g/mol. The molecule has 11 heteroatoms. The van der Waals surface area contributed by atoms with Crippen LogP contribution >= 0.6 is 0 Å². The highest BCUT2D eigenvalue weighted by Gasteiger charge is 2.28. The first kappa shape index (κ1) is 24.6. The molecule has 2 saturated heterocycles. The predicted octanol–water partition coefficient (Wildman–Crippen LogP) is 2.50. The van der Waals surface area contributed by atoms with Gasteiger partial charge in [0.2, 0.25) is 0 Å². The number of anilines is 4. The van der Waals surface area contributed by atoms with Gasteiger partial charge in [-0.1, -0.05) is 0 Å². The Morgan fingerprint density at radius 1 is 0.947 bits per heavy atom. The van der Waals surface area contributed by atoms with Crippen molar-refractivity contribution >= 4 is 28.9 Å². The van der Waals surface area contributed by atoms with Gasteiger partial charge in [-0.25, -0.2) is 9.97 Å². The van der Waals surface area contributed by atoms with Crippen molar-refractivity contribution in [2.45, 2.75) is 37.8 Å². The maximum atomic E-state index is 12.3. The second-order valence-electron chi connectivity index (χ2n) is 10.6. The van der Waals surface area contributed by atoms with E-state index in [1.54, 1.807) is 12.3 Å². The molecule has 6 rings (SSSR count). The van der Waals surface area contributed by atoms with Crippen LogP contribution in [0.25, 0.3) is 11.4 Å². The molecule has 38 heavy (non-hydrogen) atoms. The summed E-state index contributed by atoms with van der Waals surface area (Å²) in [5.41, 5.74) is 8.93. The van der Waals surface area contributed by atoms with Gasteiger partial charge in [0, 0.05) is 68.9 Å². The number of hydrogen-bond donors (Lipinski definition) is 4. The van der Waals surface area contributed by atoms with E-state index in [4.69, 9.17) is 10.7 Å². The summed E-state index contributed by atoms with van der Waals surface area (Å²) in [7, 11) is 2.21. The minimum absolute atomic E-state index is 0.0828. The van der Waals surface area contributed by atoms with E-state index in [0.717, 1.165) is 31.6 Å². The van der Waals surface area contributed by atoms with Crippen molar-refractivity contribution in [2.24, 2.45) is 5.73 Å². The monoisotopic (exact) mass is 516 g/mol. The van der Waals surface area contributed by atoms with Crippen LogP contribution in [-0.4, -0.2) is 94.3 Å². The third-order valence-corrected chi connectivity index (χ3v) is 7.80. The minimum atomic E-state index is -0.644. The highest BCUT2D eigenvalue weighted by atomic mass is 16.1. The second-order valence-corrected chi connectivity index (χ2v) is 10.6. The molecular weight excluding hydrogens is 480 g/mol. The second kappa shape index (κ2) is 10.6. The topological polar surface area (TPSA) is 131 Å². The number of amides is 1. The van der Waals surface area contributed by atoms with Gasteiger partial charge in [0.1, 0.15) is 11.4 Å². The SMILES string of the molecule is CN1CCN(C2CCN(c3ccc(Nc4nc(NC5CC5)c(-c5cc[nH]n5)nc4C(N)=O)cc3)CC2)CC1.